The number of carboxylic acid groups (broad SMARTS) is 1. The molecule has 0 atom stereocenters. The van der Waals surface area contributed by atoms with Crippen LogP contribution in [0, 0.1) is 0 Å². The highest BCUT2D eigenvalue weighted by atomic mass is 16.5. The summed E-state index contributed by atoms with van der Waals surface area (Å²) in [6.45, 7) is 3.94. The standard InChI is InChI=1S/C16H21NO4/c1-3-13(4-2)17-15(18)11-21-14-8-6-5-7-12(14)9-10-16(19)20/h5-10,13H,3-4,11H2,1-2H3,(H,17,18)(H,19,20). The highest BCUT2D eigenvalue weighted by Crippen LogP contribution is 2.19. The van der Waals surface area contributed by atoms with Crippen LogP contribution in [0.25, 0.3) is 6.08 Å². The molecule has 5 nitrogen and oxygen atoms in total. The normalized spacial score (nSPS) is 10.8. The minimum Gasteiger partial charge on any atom is -0.483 e. The average Bonchev–Trinajstić information content (AvgIpc) is 2.49. The van der Waals surface area contributed by atoms with Crippen molar-refractivity contribution in [1.29, 1.82) is 0 Å². The third-order valence-corrected chi connectivity index (χ3v) is 3.03. The summed E-state index contributed by atoms with van der Waals surface area (Å²) in [5.41, 5.74) is 0.621. The summed E-state index contributed by atoms with van der Waals surface area (Å²) in [5, 5.41) is 11.5. The van der Waals surface area contributed by atoms with E-state index in [2.05, 4.69) is 5.32 Å². The van der Waals surface area contributed by atoms with Crippen LogP contribution in [0.5, 0.6) is 5.75 Å². The third-order valence-electron chi connectivity index (χ3n) is 3.03. The summed E-state index contributed by atoms with van der Waals surface area (Å²) >= 11 is 0. The average molecular weight is 291 g/mol. The van der Waals surface area contributed by atoms with Gasteiger partial charge in [-0.25, -0.2) is 4.79 Å². The Morgan fingerprint density at radius 2 is 1.95 bits per heavy atom. The maximum absolute atomic E-state index is 11.8. The van der Waals surface area contributed by atoms with Crippen LogP contribution in [-0.2, 0) is 9.59 Å². The minimum atomic E-state index is -1.03. The molecule has 1 aromatic carbocycles. The molecule has 0 unspecified atom stereocenters. The number of aliphatic carboxylic acids is 1. The monoisotopic (exact) mass is 291 g/mol. The van der Waals surface area contributed by atoms with Crippen molar-refractivity contribution < 1.29 is 19.4 Å². The lowest BCUT2D eigenvalue weighted by molar-refractivity contribution is -0.131. The molecule has 0 fully saturated rings. The van der Waals surface area contributed by atoms with E-state index in [9.17, 15) is 9.59 Å². The molecular weight excluding hydrogens is 270 g/mol. The molecule has 0 bridgehead atoms. The second-order valence-electron chi connectivity index (χ2n) is 4.58. The zero-order valence-electron chi connectivity index (χ0n) is 12.3. The number of benzene rings is 1. The van der Waals surface area contributed by atoms with Gasteiger partial charge >= 0.3 is 5.97 Å². The third kappa shape index (κ3) is 6.12. The minimum absolute atomic E-state index is 0.0889. The van der Waals surface area contributed by atoms with E-state index in [0.29, 0.717) is 11.3 Å². The molecule has 0 spiro atoms. The predicted molar refractivity (Wildman–Crippen MR) is 81.1 cm³/mol. The first-order valence-corrected chi connectivity index (χ1v) is 6.99. The number of rotatable bonds is 8. The van der Waals surface area contributed by atoms with Crippen molar-refractivity contribution in [3.8, 4) is 5.75 Å². The first-order chi connectivity index (χ1) is 10.1. The van der Waals surface area contributed by atoms with Crippen molar-refractivity contribution in [2.45, 2.75) is 32.7 Å². The molecule has 2 N–H and O–H groups in total. The molecule has 0 radical (unpaired) electrons. The van der Waals surface area contributed by atoms with Gasteiger partial charge in [0.1, 0.15) is 5.75 Å². The number of nitrogens with one attached hydrogen (secondary N) is 1. The summed E-state index contributed by atoms with van der Waals surface area (Å²) < 4.78 is 5.46. The summed E-state index contributed by atoms with van der Waals surface area (Å²) in [6.07, 6.45) is 4.23. The fourth-order valence-electron chi connectivity index (χ4n) is 1.82. The Labute approximate surface area is 124 Å². The van der Waals surface area contributed by atoms with Gasteiger partial charge in [-0.1, -0.05) is 32.0 Å². The van der Waals surface area contributed by atoms with Crippen LogP contribution in [0.15, 0.2) is 30.3 Å². The van der Waals surface area contributed by atoms with E-state index >= 15 is 0 Å². The molecule has 1 aromatic rings. The maximum Gasteiger partial charge on any atom is 0.328 e. The van der Waals surface area contributed by atoms with Gasteiger partial charge in [-0.3, -0.25) is 4.79 Å². The number of carboxylic acids is 1. The summed E-state index contributed by atoms with van der Waals surface area (Å²) in [5.74, 6) is -0.730. The van der Waals surface area contributed by atoms with E-state index in [4.69, 9.17) is 9.84 Å². The molecule has 0 heterocycles. The first-order valence-electron chi connectivity index (χ1n) is 6.99. The maximum atomic E-state index is 11.8. The van der Waals surface area contributed by atoms with Crippen LogP contribution in [0.4, 0.5) is 0 Å². The Balaban J connectivity index is 2.63. The van der Waals surface area contributed by atoms with Gasteiger partial charge < -0.3 is 15.2 Å². The van der Waals surface area contributed by atoms with Crippen LogP contribution in [0.2, 0.25) is 0 Å². The summed E-state index contributed by atoms with van der Waals surface area (Å²) in [4.78, 5) is 22.3. The number of amides is 1. The second-order valence-corrected chi connectivity index (χ2v) is 4.58. The lowest BCUT2D eigenvalue weighted by Crippen LogP contribution is -2.37. The van der Waals surface area contributed by atoms with Crippen molar-refractivity contribution in [3.63, 3.8) is 0 Å². The van der Waals surface area contributed by atoms with E-state index < -0.39 is 5.97 Å². The van der Waals surface area contributed by atoms with Crippen LogP contribution < -0.4 is 10.1 Å². The molecule has 0 aromatic heterocycles. The van der Waals surface area contributed by atoms with Gasteiger partial charge in [0.25, 0.3) is 5.91 Å². The van der Waals surface area contributed by atoms with Gasteiger partial charge in [0, 0.05) is 17.7 Å². The van der Waals surface area contributed by atoms with Gasteiger partial charge in [-0.15, -0.1) is 0 Å². The summed E-state index contributed by atoms with van der Waals surface area (Å²) in [6, 6.07) is 7.13. The van der Waals surface area contributed by atoms with Crippen molar-refractivity contribution >= 4 is 18.0 Å². The lowest BCUT2D eigenvalue weighted by Gasteiger charge is -2.15. The molecule has 5 heteroatoms. The van der Waals surface area contributed by atoms with E-state index in [1.165, 1.54) is 6.08 Å². The van der Waals surface area contributed by atoms with E-state index in [1.807, 2.05) is 13.8 Å². The van der Waals surface area contributed by atoms with Crippen LogP contribution in [0.1, 0.15) is 32.3 Å². The molecular formula is C16H21NO4. The molecule has 0 aliphatic rings. The first kappa shape index (κ1) is 16.8. The van der Waals surface area contributed by atoms with Crippen LogP contribution >= 0.6 is 0 Å². The molecule has 1 amide bonds. The fourth-order valence-corrected chi connectivity index (χ4v) is 1.82. The highest BCUT2D eigenvalue weighted by Gasteiger charge is 2.09. The second kappa shape index (κ2) is 8.79. The largest absolute Gasteiger partial charge is 0.483 e. The molecule has 21 heavy (non-hydrogen) atoms. The highest BCUT2D eigenvalue weighted by molar-refractivity contribution is 5.86. The van der Waals surface area contributed by atoms with Gasteiger partial charge in [-0.05, 0) is 25.0 Å². The quantitative estimate of drug-likeness (QED) is 0.721. The van der Waals surface area contributed by atoms with Crippen molar-refractivity contribution in [2.24, 2.45) is 0 Å². The number of hydrogen-bond donors (Lipinski definition) is 2. The molecule has 0 saturated heterocycles. The number of carbonyl (C=O) groups excluding carboxylic acids is 1. The Bertz CT molecular complexity index is 507. The predicted octanol–water partition coefficient (Wildman–Crippen LogP) is 2.47. The number of ether oxygens (including phenoxy) is 1. The van der Waals surface area contributed by atoms with Crippen molar-refractivity contribution in [1.82, 2.24) is 5.32 Å². The van der Waals surface area contributed by atoms with Crippen molar-refractivity contribution in [3.05, 3.63) is 35.9 Å². The number of para-hydroxylation sites is 1. The van der Waals surface area contributed by atoms with Gasteiger partial charge in [-0.2, -0.15) is 0 Å². The van der Waals surface area contributed by atoms with E-state index in [-0.39, 0.29) is 18.6 Å². The Hall–Kier alpha value is -2.30. The molecule has 0 aliphatic heterocycles. The Kier molecular flexibility index (Phi) is 7.01. The van der Waals surface area contributed by atoms with Gasteiger partial charge in [0.2, 0.25) is 0 Å². The van der Waals surface area contributed by atoms with Crippen molar-refractivity contribution in [2.75, 3.05) is 6.61 Å². The number of hydrogen-bond acceptors (Lipinski definition) is 3. The van der Waals surface area contributed by atoms with Gasteiger partial charge in [0.05, 0.1) is 0 Å². The topological polar surface area (TPSA) is 75.6 Å². The van der Waals surface area contributed by atoms with Gasteiger partial charge in [0.15, 0.2) is 6.61 Å². The van der Waals surface area contributed by atoms with Crippen LogP contribution in [0.3, 0.4) is 0 Å². The fraction of sp³-hybridized carbons (Fsp3) is 0.375. The number of carbonyl (C=O) groups is 2. The summed E-state index contributed by atoms with van der Waals surface area (Å²) in [7, 11) is 0. The Morgan fingerprint density at radius 3 is 2.57 bits per heavy atom. The van der Waals surface area contributed by atoms with E-state index in [1.54, 1.807) is 24.3 Å². The molecule has 0 saturated carbocycles. The molecule has 114 valence electrons. The Morgan fingerprint density at radius 1 is 1.29 bits per heavy atom. The van der Waals surface area contributed by atoms with E-state index in [0.717, 1.165) is 18.9 Å². The zero-order valence-corrected chi connectivity index (χ0v) is 12.3. The van der Waals surface area contributed by atoms with Crippen LogP contribution in [-0.4, -0.2) is 29.6 Å². The smallest absolute Gasteiger partial charge is 0.328 e. The molecule has 0 aliphatic carbocycles. The lowest BCUT2D eigenvalue weighted by atomic mass is 10.2. The SMILES string of the molecule is CCC(CC)NC(=O)COc1ccccc1C=CC(=O)O. The zero-order chi connectivity index (χ0) is 15.7. The molecule has 1 rings (SSSR count).